The van der Waals surface area contributed by atoms with E-state index in [1.54, 1.807) is 23.6 Å². The molecule has 0 spiro atoms. The van der Waals surface area contributed by atoms with E-state index < -0.39 is 10.0 Å². The van der Waals surface area contributed by atoms with Crippen molar-refractivity contribution in [3.05, 3.63) is 38.8 Å². The Kier molecular flexibility index (Phi) is 5.61. The highest BCUT2D eigenvalue weighted by atomic mass is 79.9. The number of nitrogens with one attached hydrogen (secondary N) is 2. The molecular weight excluding hydrogens is 374 g/mol. The molecule has 2 heterocycles. The number of aryl methyl sites for hydroxylation is 1. The van der Waals surface area contributed by atoms with Gasteiger partial charge in [-0.1, -0.05) is 0 Å². The monoisotopic (exact) mass is 391 g/mol. The summed E-state index contributed by atoms with van der Waals surface area (Å²) in [5.74, 6) is 0. The van der Waals surface area contributed by atoms with E-state index in [-0.39, 0.29) is 0 Å². The van der Waals surface area contributed by atoms with Gasteiger partial charge in [0.15, 0.2) is 0 Å². The summed E-state index contributed by atoms with van der Waals surface area (Å²) in [7, 11) is 0.225. The molecule has 21 heavy (non-hydrogen) atoms. The maximum Gasteiger partial charge on any atom is 0.242 e. The van der Waals surface area contributed by atoms with Crippen LogP contribution in [-0.2, 0) is 30.0 Å². The fourth-order valence-electron chi connectivity index (χ4n) is 1.96. The molecule has 0 atom stereocenters. The average molecular weight is 392 g/mol. The van der Waals surface area contributed by atoms with E-state index in [2.05, 4.69) is 26.0 Å². The summed E-state index contributed by atoms with van der Waals surface area (Å²) in [5.41, 5.74) is 0.931. The minimum absolute atomic E-state index is 0.308. The second kappa shape index (κ2) is 7.06. The zero-order valence-corrected chi connectivity index (χ0v) is 15.1. The summed E-state index contributed by atoms with van der Waals surface area (Å²) < 4.78 is 30.0. The number of hydrogen-bond acceptors (Lipinski definition) is 4. The maximum absolute atomic E-state index is 12.2. The van der Waals surface area contributed by atoms with Gasteiger partial charge < -0.3 is 9.88 Å². The molecule has 0 radical (unpaired) electrons. The first-order valence-electron chi connectivity index (χ1n) is 6.46. The lowest BCUT2D eigenvalue weighted by Crippen LogP contribution is -2.25. The van der Waals surface area contributed by atoms with Gasteiger partial charge in [0.25, 0.3) is 0 Å². The number of thiophene rings is 1. The Morgan fingerprint density at radius 3 is 2.76 bits per heavy atom. The fraction of sp³-hybridized carbons (Fsp3) is 0.385. The highest BCUT2D eigenvalue weighted by Gasteiger charge is 2.17. The number of hydrogen-bond donors (Lipinski definition) is 2. The second-order valence-electron chi connectivity index (χ2n) is 4.66. The molecule has 0 aliphatic carbocycles. The average Bonchev–Trinajstić information content (AvgIpc) is 2.98. The first kappa shape index (κ1) is 16.7. The Morgan fingerprint density at radius 1 is 1.38 bits per heavy atom. The summed E-state index contributed by atoms with van der Waals surface area (Å²) in [4.78, 5) is 1.45. The van der Waals surface area contributed by atoms with Gasteiger partial charge in [0.1, 0.15) is 0 Å². The molecule has 0 unspecified atom stereocenters. The molecule has 5 nitrogen and oxygen atoms in total. The molecule has 116 valence electrons. The molecule has 0 bridgehead atoms. The van der Waals surface area contributed by atoms with Crippen LogP contribution >= 0.6 is 27.3 Å². The van der Waals surface area contributed by atoms with Crippen molar-refractivity contribution in [1.29, 1.82) is 0 Å². The Morgan fingerprint density at radius 2 is 2.14 bits per heavy atom. The third-order valence-corrected chi connectivity index (χ3v) is 6.15. The normalized spacial score (nSPS) is 12.0. The number of nitrogens with zero attached hydrogens (tertiary/aromatic N) is 1. The molecule has 2 aromatic rings. The molecule has 8 heteroatoms. The molecule has 0 aromatic carbocycles. The van der Waals surface area contributed by atoms with Crippen LogP contribution in [0.2, 0.25) is 0 Å². The highest BCUT2D eigenvalue weighted by Crippen LogP contribution is 2.22. The van der Waals surface area contributed by atoms with Gasteiger partial charge in [-0.2, -0.15) is 0 Å². The fourth-order valence-corrected chi connectivity index (χ4v) is 4.57. The highest BCUT2D eigenvalue weighted by molar-refractivity contribution is 9.11. The molecule has 0 saturated carbocycles. The molecule has 0 amide bonds. The van der Waals surface area contributed by atoms with Crippen molar-refractivity contribution >= 4 is 37.3 Å². The van der Waals surface area contributed by atoms with Crippen molar-refractivity contribution in [3.8, 4) is 0 Å². The van der Waals surface area contributed by atoms with Crippen LogP contribution in [0.25, 0.3) is 0 Å². The van der Waals surface area contributed by atoms with Crippen LogP contribution in [0.3, 0.4) is 0 Å². The number of rotatable bonds is 7. The first-order valence-corrected chi connectivity index (χ1v) is 9.55. The summed E-state index contributed by atoms with van der Waals surface area (Å²) in [5, 5.41) is 3.02. The van der Waals surface area contributed by atoms with Gasteiger partial charge in [-0.15, -0.1) is 11.3 Å². The molecule has 2 rings (SSSR count). The molecule has 2 N–H and O–H groups in total. The lowest BCUT2D eigenvalue weighted by Gasteiger charge is -2.03. The molecule has 0 aliphatic heterocycles. The van der Waals surface area contributed by atoms with E-state index >= 15 is 0 Å². The third kappa shape index (κ3) is 4.40. The van der Waals surface area contributed by atoms with Gasteiger partial charge in [-0.25, -0.2) is 13.1 Å². The Bertz CT molecular complexity index is 707. The number of halogens is 1. The first-order chi connectivity index (χ1) is 9.92. The van der Waals surface area contributed by atoms with Crippen molar-refractivity contribution in [2.75, 3.05) is 13.6 Å². The van der Waals surface area contributed by atoms with E-state index in [1.807, 2.05) is 30.8 Å². The van der Waals surface area contributed by atoms with Crippen LogP contribution in [0.5, 0.6) is 0 Å². The van der Waals surface area contributed by atoms with Crippen molar-refractivity contribution in [2.45, 2.75) is 17.9 Å². The van der Waals surface area contributed by atoms with Crippen LogP contribution < -0.4 is 10.0 Å². The molecule has 2 aromatic heterocycles. The lowest BCUT2D eigenvalue weighted by molar-refractivity contribution is 0.581. The van der Waals surface area contributed by atoms with Gasteiger partial charge >= 0.3 is 0 Å². The maximum atomic E-state index is 12.2. The van der Waals surface area contributed by atoms with Gasteiger partial charge in [-0.05, 0) is 47.6 Å². The summed E-state index contributed by atoms with van der Waals surface area (Å²) >= 11 is 5.01. The lowest BCUT2D eigenvalue weighted by atomic mass is 10.3. The number of aromatic nitrogens is 1. The summed E-state index contributed by atoms with van der Waals surface area (Å²) in [6, 6.07) is 5.66. The Hall–Kier alpha value is -0.670. The van der Waals surface area contributed by atoms with Gasteiger partial charge in [0.05, 0.1) is 8.68 Å². The van der Waals surface area contributed by atoms with E-state index in [0.29, 0.717) is 24.4 Å². The molecule has 0 fully saturated rings. The van der Waals surface area contributed by atoms with Crippen molar-refractivity contribution < 1.29 is 8.42 Å². The summed E-state index contributed by atoms with van der Waals surface area (Å²) in [6.07, 6.45) is 2.32. The zero-order chi connectivity index (χ0) is 15.5. The van der Waals surface area contributed by atoms with Crippen molar-refractivity contribution in [2.24, 2.45) is 7.05 Å². The third-order valence-electron chi connectivity index (χ3n) is 3.04. The molecule has 0 aliphatic rings. The van der Waals surface area contributed by atoms with Gasteiger partial charge in [-0.3, -0.25) is 0 Å². The standard InChI is InChI=1S/C13H18BrN3O2S2/c1-15-8-10-7-12(9-17(10)2)21(18,19)16-6-5-11-3-4-13(14)20-11/h3-4,7,9,15-16H,5-6,8H2,1-2H3. The number of sulfonamides is 1. The van der Waals surface area contributed by atoms with Crippen molar-refractivity contribution in [1.82, 2.24) is 14.6 Å². The smallest absolute Gasteiger partial charge is 0.242 e. The van der Waals surface area contributed by atoms with E-state index in [9.17, 15) is 8.42 Å². The van der Waals surface area contributed by atoms with Crippen LogP contribution in [0.4, 0.5) is 0 Å². The minimum atomic E-state index is -3.45. The largest absolute Gasteiger partial charge is 0.352 e. The second-order valence-corrected chi connectivity index (χ2v) is 8.98. The predicted octanol–water partition coefficient (Wildman–Crippen LogP) is 2.09. The van der Waals surface area contributed by atoms with E-state index in [0.717, 1.165) is 14.4 Å². The van der Waals surface area contributed by atoms with E-state index in [4.69, 9.17) is 0 Å². The predicted molar refractivity (Wildman–Crippen MR) is 89.1 cm³/mol. The van der Waals surface area contributed by atoms with Crippen LogP contribution in [0.15, 0.2) is 33.1 Å². The topological polar surface area (TPSA) is 63.1 Å². The van der Waals surface area contributed by atoms with Crippen molar-refractivity contribution in [3.63, 3.8) is 0 Å². The Labute approximate surface area is 137 Å². The van der Waals surface area contributed by atoms with Gasteiger partial charge in [0, 0.05) is 36.9 Å². The molecule has 0 saturated heterocycles. The minimum Gasteiger partial charge on any atom is -0.352 e. The van der Waals surface area contributed by atoms with Crippen LogP contribution in [-0.4, -0.2) is 26.6 Å². The van der Waals surface area contributed by atoms with E-state index in [1.165, 1.54) is 0 Å². The zero-order valence-electron chi connectivity index (χ0n) is 11.9. The molecular formula is C13H18BrN3O2S2. The van der Waals surface area contributed by atoms with Gasteiger partial charge in [0.2, 0.25) is 10.0 Å². The quantitative estimate of drug-likeness (QED) is 0.759. The Balaban J connectivity index is 1.99. The van der Waals surface area contributed by atoms with Crippen LogP contribution in [0.1, 0.15) is 10.6 Å². The van der Waals surface area contributed by atoms with Crippen LogP contribution in [0, 0.1) is 0 Å². The summed E-state index contributed by atoms with van der Waals surface area (Å²) in [6.45, 7) is 1.03. The SMILES string of the molecule is CNCc1cc(S(=O)(=O)NCCc2ccc(Br)s2)cn1C.